The normalized spacial score (nSPS) is 12.2. The third kappa shape index (κ3) is 3.82. The first-order chi connectivity index (χ1) is 10.2. The summed E-state index contributed by atoms with van der Waals surface area (Å²) in [5.74, 6) is 0.636. The molecule has 0 heterocycles. The maximum atomic E-state index is 14.3. The molecule has 0 aliphatic carbocycles. The van der Waals surface area contributed by atoms with Crippen LogP contribution in [-0.4, -0.2) is 13.7 Å². The van der Waals surface area contributed by atoms with Crippen LogP contribution in [0, 0.1) is 12.7 Å². The fourth-order valence-electron chi connectivity index (χ4n) is 2.36. The minimum atomic E-state index is -0.167. The second kappa shape index (κ2) is 7.23. The number of hydrogen-bond acceptors (Lipinski definition) is 2. The maximum Gasteiger partial charge on any atom is 0.128 e. The van der Waals surface area contributed by atoms with Crippen molar-refractivity contribution in [2.24, 2.45) is 0 Å². The van der Waals surface area contributed by atoms with Gasteiger partial charge in [0, 0.05) is 5.56 Å². The van der Waals surface area contributed by atoms with Crippen molar-refractivity contribution >= 4 is 0 Å². The lowest BCUT2D eigenvalue weighted by Gasteiger charge is -2.20. The molecular formula is C18H22FNO. The molecule has 0 aromatic heterocycles. The van der Waals surface area contributed by atoms with Crippen LogP contribution in [0.25, 0.3) is 0 Å². The van der Waals surface area contributed by atoms with Crippen LogP contribution in [0.1, 0.15) is 36.1 Å². The van der Waals surface area contributed by atoms with E-state index in [4.69, 9.17) is 4.74 Å². The number of rotatable bonds is 6. The summed E-state index contributed by atoms with van der Waals surface area (Å²) in [5, 5.41) is 3.42. The minimum Gasteiger partial charge on any atom is -0.497 e. The fraction of sp³-hybridized carbons (Fsp3) is 0.333. The lowest BCUT2D eigenvalue weighted by atomic mass is 9.97. The highest BCUT2D eigenvalue weighted by molar-refractivity contribution is 5.37. The summed E-state index contributed by atoms with van der Waals surface area (Å²) in [6.07, 6.45) is 1.00. The van der Waals surface area contributed by atoms with Crippen molar-refractivity contribution in [2.75, 3.05) is 13.7 Å². The topological polar surface area (TPSA) is 21.3 Å². The van der Waals surface area contributed by atoms with Crippen molar-refractivity contribution in [3.8, 4) is 5.75 Å². The monoisotopic (exact) mass is 287 g/mol. The Morgan fingerprint density at radius 2 is 1.86 bits per heavy atom. The molecular weight excluding hydrogens is 265 g/mol. The number of ether oxygens (including phenoxy) is 1. The molecule has 2 rings (SSSR count). The third-order valence-corrected chi connectivity index (χ3v) is 3.51. The van der Waals surface area contributed by atoms with Crippen LogP contribution in [0.5, 0.6) is 5.75 Å². The molecule has 2 aromatic rings. The van der Waals surface area contributed by atoms with Gasteiger partial charge in [0.1, 0.15) is 11.6 Å². The van der Waals surface area contributed by atoms with E-state index in [0.29, 0.717) is 5.56 Å². The molecule has 0 fully saturated rings. The van der Waals surface area contributed by atoms with Crippen molar-refractivity contribution in [1.82, 2.24) is 5.32 Å². The zero-order valence-electron chi connectivity index (χ0n) is 12.8. The van der Waals surface area contributed by atoms with E-state index >= 15 is 0 Å². The summed E-state index contributed by atoms with van der Waals surface area (Å²) in [4.78, 5) is 0. The van der Waals surface area contributed by atoms with Crippen molar-refractivity contribution in [3.05, 3.63) is 65.0 Å². The molecule has 0 saturated heterocycles. The van der Waals surface area contributed by atoms with E-state index in [1.165, 1.54) is 0 Å². The fourth-order valence-corrected chi connectivity index (χ4v) is 2.36. The largest absolute Gasteiger partial charge is 0.497 e. The van der Waals surface area contributed by atoms with Gasteiger partial charge in [-0.1, -0.05) is 31.2 Å². The molecule has 0 aliphatic heterocycles. The summed E-state index contributed by atoms with van der Waals surface area (Å²) < 4.78 is 19.5. The van der Waals surface area contributed by atoms with Crippen molar-refractivity contribution in [1.29, 1.82) is 0 Å². The number of halogens is 1. The van der Waals surface area contributed by atoms with Gasteiger partial charge in [0.25, 0.3) is 0 Å². The Hall–Kier alpha value is -1.87. The number of benzene rings is 2. The summed E-state index contributed by atoms with van der Waals surface area (Å²) >= 11 is 0. The van der Waals surface area contributed by atoms with E-state index in [9.17, 15) is 4.39 Å². The molecule has 21 heavy (non-hydrogen) atoms. The van der Waals surface area contributed by atoms with Gasteiger partial charge in [0.2, 0.25) is 0 Å². The van der Waals surface area contributed by atoms with Gasteiger partial charge in [-0.2, -0.15) is 0 Å². The molecule has 0 saturated carbocycles. The van der Waals surface area contributed by atoms with Crippen LogP contribution in [0.2, 0.25) is 0 Å². The molecule has 1 unspecified atom stereocenters. The summed E-state index contributed by atoms with van der Waals surface area (Å²) in [6, 6.07) is 13.0. The van der Waals surface area contributed by atoms with Crippen LogP contribution in [0.3, 0.4) is 0 Å². The van der Waals surface area contributed by atoms with E-state index in [2.05, 4.69) is 12.2 Å². The standard InChI is InChI=1S/C18H22FNO/c1-4-11-20-18(14-6-8-15(21-3)9-7-14)16-10-5-13(2)12-17(16)19/h5-10,12,18,20H,4,11H2,1-3H3. The first kappa shape index (κ1) is 15.5. The molecule has 3 heteroatoms. The summed E-state index contributed by atoms with van der Waals surface area (Å²) in [5.41, 5.74) is 2.64. The predicted molar refractivity (Wildman–Crippen MR) is 84.3 cm³/mol. The van der Waals surface area contributed by atoms with Crippen molar-refractivity contribution in [2.45, 2.75) is 26.3 Å². The average Bonchev–Trinajstić information content (AvgIpc) is 2.50. The van der Waals surface area contributed by atoms with E-state index in [1.54, 1.807) is 13.2 Å². The van der Waals surface area contributed by atoms with Crippen LogP contribution in [0.4, 0.5) is 4.39 Å². The van der Waals surface area contributed by atoms with Crippen LogP contribution in [-0.2, 0) is 0 Å². The highest BCUT2D eigenvalue weighted by Crippen LogP contribution is 2.26. The molecule has 0 bridgehead atoms. The number of aryl methyl sites for hydroxylation is 1. The maximum absolute atomic E-state index is 14.3. The highest BCUT2D eigenvalue weighted by atomic mass is 19.1. The lowest BCUT2D eigenvalue weighted by Crippen LogP contribution is -2.24. The first-order valence-corrected chi connectivity index (χ1v) is 7.29. The highest BCUT2D eigenvalue weighted by Gasteiger charge is 2.17. The van der Waals surface area contributed by atoms with E-state index in [0.717, 1.165) is 29.8 Å². The van der Waals surface area contributed by atoms with Crippen molar-refractivity contribution < 1.29 is 9.13 Å². The zero-order valence-corrected chi connectivity index (χ0v) is 12.8. The van der Waals surface area contributed by atoms with Gasteiger partial charge in [-0.25, -0.2) is 4.39 Å². The Labute approximate surface area is 126 Å². The molecule has 2 aromatic carbocycles. The van der Waals surface area contributed by atoms with Gasteiger partial charge in [0.05, 0.1) is 13.2 Å². The quantitative estimate of drug-likeness (QED) is 0.858. The Bertz CT molecular complexity index is 580. The van der Waals surface area contributed by atoms with E-state index < -0.39 is 0 Å². The Morgan fingerprint density at radius 1 is 1.14 bits per heavy atom. The zero-order chi connectivity index (χ0) is 15.2. The first-order valence-electron chi connectivity index (χ1n) is 7.29. The molecule has 0 spiro atoms. The molecule has 1 atom stereocenters. The second-order valence-corrected chi connectivity index (χ2v) is 5.19. The Kier molecular flexibility index (Phi) is 5.34. The van der Waals surface area contributed by atoms with Gasteiger partial charge in [-0.15, -0.1) is 0 Å². The molecule has 112 valence electrons. The Morgan fingerprint density at radius 3 is 2.43 bits per heavy atom. The van der Waals surface area contributed by atoms with Gasteiger partial charge in [-0.3, -0.25) is 0 Å². The molecule has 2 nitrogen and oxygen atoms in total. The van der Waals surface area contributed by atoms with E-state index in [-0.39, 0.29) is 11.9 Å². The number of nitrogens with one attached hydrogen (secondary N) is 1. The van der Waals surface area contributed by atoms with Crippen LogP contribution in [0.15, 0.2) is 42.5 Å². The summed E-state index contributed by atoms with van der Waals surface area (Å²) in [6.45, 7) is 4.84. The predicted octanol–water partition coefficient (Wildman–Crippen LogP) is 4.23. The SMILES string of the molecule is CCCNC(c1ccc(OC)cc1)c1ccc(C)cc1F. The van der Waals surface area contributed by atoms with Gasteiger partial charge in [-0.05, 0) is 49.2 Å². The molecule has 0 radical (unpaired) electrons. The van der Waals surface area contributed by atoms with Crippen molar-refractivity contribution in [3.63, 3.8) is 0 Å². The summed E-state index contributed by atoms with van der Waals surface area (Å²) in [7, 11) is 1.64. The van der Waals surface area contributed by atoms with Crippen LogP contribution >= 0.6 is 0 Å². The van der Waals surface area contributed by atoms with Gasteiger partial charge < -0.3 is 10.1 Å². The number of methoxy groups -OCH3 is 1. The smallest absolute Gasteiger partial charge is 0.128 e. The average molecular weight is 287 g/mol. The molecule has 0 aliphatic rings. The van der Waals surface area contributed by atoms with E-state index in [1.807, 2.05) is 43.3 Å². The lowest BCUT2D eigenvalue weighted by molar-refractivity contribution is 0.414. The number of hydrogen-bond donors (Lipinski definition) is 1. The Balaban J connectivity index is 2.36. The van der Waals surface area contributed by atoms with Crippen LogP contribution < -0.4 is 10.1 Å². The van der Waals surface area contributed by atoms with Gasteiger partial charge >= 0.3 is 0 Å². The molecule has 0 amide bonds. The molecule has 1 N–H and O–H groups in total. The minimum absolute atomic E-state index is 0.142. The third-order valence-electron chi connectivity index (χ3n) is 3.51. The van der Waals surface area contributed by atoms with Gasteiger partial charge in [0.15, 0.2) is 0 Å². The second-order valence-electron chi connectivity index (χ2n) is 5.19.